The van der Waals surface area contributed by atoms with E-state index in [0.717, 1.165) is 19.3 Å². The van der Waals surface area contributed by atoms with Crippen LogP contribution in [0.3, 0.4) is 0 Å². The van der Waals surface area contributed by atoms with Crippen molar-refractivity contribution in [1.29, 1.82) is 0 Å². The van der Waals surface area contributed by atoms with Gasteiger partial charge in [0.15, 0.2) is 11.5 Å². The first-order valence-electron chi connectivity index (χ1n) is 8.17. The number of methoxy groups -OCH3 is 1. The average Bonchev–Trinajstić information content (AvgIpc) is 2.53. The standard InChI is InChI=1S/C18H27NO3/c1-14-6-4-7-15(2)19(14)10-5-11-22-17-9-8-16(13-20)12-18(17)21-3/h8-9,12-15H,4-7,10-11H2,1-3H3. The van der Waals surface area contributed by atoms with Crippen LogP contribution < -0.4 is 9.47 Å². The Bertz CT molecular complexity index is 479. The van der Waals surface area contributed by atoms with Gasteiger partial charge in [0.1, 0.15) is 6.29 Å². The number of hydrogen-bond donors (Lipinski definition) is 0. The first-order chi connectivity index (χ1) is 10.7. The lowest BCUT2D eigenvalue weighted by atomic mass is 9.97. The van der Waals surface area contributed by atoms with E-state index < -0.39 is 0 Å². The Morgan fingerprint density at radius 2 is 1.95 bits per heavy atom. The number of benzene rings is 1. The first kappa shape index (κ1) is 16.8. The van der Waals surface area contributed by atoms with Gasteiger partial charge in [-0.05, 0) is 51.3 Å². The Kier molecular flexibility index (Phi) is 6.25. The van der Waals surface area contributed by atoms with Crippen LogP contribution in [0.15, 0.2) is 18.2 Å². The molecule has 0 aliphatic carbocycles. The molecule has 1 fully saturated rings. The third kappa shape index (κ3) is 4.23. The molecular weight excluding hydrogens is 278 g/mol. The fourth-order valence-corrected chi connectivity index (χ4v) is 3.22. The van der Waals surface area contributed by atoms with Crippen LogP contribution >= 0.6 is 0 Å². The van der Waals surface area contributed by atoms with Crippen molar-refractivity contribution in [2.45, 2.75) is 51.6 Å². The molecule has 1 aliphatic heterocycles. The summed E-state index contributed by atoms with van der Waals surface area (Å²) < 4.78 is 11.1. The predicted octanol–water partition coefficient (Wildman–Crippen LogP) is 3.54. The molecule has 4 nitrogen and oxygen atoms in total. The first-order valence-corrected chi connectivity index (χ1v) is 8.17. The zero-order valence-corrected chi connectivity index (χ0v) is 13.9. The Morgan fingerprint density at radius 3 is 2.59 bits per heavy atom. The highest BCUT2D eigenvalue weighted by Crippen LogP contribution is 2.28. The van der Waals surface area contributed by atoms with Crippen molar-refractivity contribution in [3.8, 4) is 11.5 Å². The van der Waals surface area contributed by atoms with Crippen LogP contribution in [0.1, 0.15) is 49.9 Å². The number of carbonyl (C=O) groups is 1. The monoisotopic (exact) mass is 305 g/mol. The molecule has 1 saturated heterocycles. The average molecular weight is 305 g/mol. The van der Waals surface area contributed by atoms with E-state index in [0.29, 0.717) is 35.8 Å². The fraction of sp³-hybridized carbons (Fsp3) is 0.611. The maximum absolute atomic E-state index is 10.8. The molecule has 1 aromatic carbocycles. The van der Waals surface area contributed by atoms with E-state index in [1.54, 1.807) is 25.3 Å². The van der Waals surface area contributed by atoms with Crippen molar-refractivity contribution in [1.82, 2.24) is 4.90 Å². The van der Waals surface area contributed by atoms with Crippen LogP contribution in [-0.2, 0) is 0 Å². The van der Waals surface area contributed by atoms with Crippen molar-refractivity contribution in [3.05, 3.63) is 23.8 Å². The minimum atomic E-state index is 0.597. The van der Waals surface area contributed by atoms with Gasteiger partial charge in [-0.1, -0.05) is 6.42 Å². The summed E-state index contributed by atoms with van der Waals surface area (Å²) in [4.78, 5) is 13.4. The minimum Gasteiger partial charge on any atom is -0.493 e. The number of likely N-dealkylation sites (tertiary alicyclic amines) is 1. The molecule has 2 unspecified atom stereocenters. The smallest absolute Gasteiger partial charge is 0.161 e. The molecule has 22 heavy (non-hydrogen) atoms. The highest BCUT2D eigenvalue weighted by molar-refractivity contribution is 5.76. The van der Waals surface area contributed by atoms with E-state index in [2.05, 4.69) is 18.7 Å². The van der Waals surface area contributed by atoms with Crippen LogP contribution in [-0.4, -0.2) is 43.5 Å². The topological polar surface area (TPSA) is 38.8 Å². The molecule has 2 atom stereocenters. The van der Waals surface area contributed by atoms with E-state index in [1.807, 2.05) is 0 Å². The summed E-state index contributed by atoms with van der Waals surface area (Å²) in [6.45, 7) is 6.36. The number of aldehydes is 1. The number of carbonyl (C=O) groups excluding carboxylic acids is 1. The van der Waals surface area contributed by atoms with Crippen molar-refractivity contribution < 1.29 is 14.3 Å². The van der Waals surface area contributed by atoms with E-state index in [-0.39, 0.29) is 0 Å². The van der Waals surface area contributed by atoms with Crippen molar-refractivity contribution in [2.24, 2.45) is 0 Å². The molecule has 4 heteroatoms. The highest BCUT2D eigenvalue weighted by atomic mass is 16.5. The van der Waals surface area contributed by atoms with Crippen LogP contribution in [0.25, 0.3) is 0 Å². The minimum absolute atomic E-state index is 0.597. The second-order valence-corrected chi connectivity index (χ2v) is 6.10. The number of hydrogen-bond acceptors (Lipinski definition) is 4. The zero-order valence-electron chi connectivity index (χ0n) is 13.9. The second-order valence-electron chi connectivity index (χ2n) is 6.10. The second kappa shape index (κ2) is 8.18. The van der Waals surface area contributed by atoms with Gasteiger partial charge in [-0.3, -0.25) is 9.69 Å². The Labute approximate surface area is 133 Å². The molecule has 1 heterocycles. The molecule has 0 spiro atoms. The third-order valence-corrected chi connectivity index (χ3v) is 4.52. The van der Waals surface area contributed by atoms with Gasteiger partial charge >= 0.3 is 0 Å². The zero-order chi connectivity index (χ0) is 15.9. The van der Waals surface area contributed by atoms with Crippen LogP contribution in [0.2, 0.25) is 0 Å². The van der Waals surface area contributed by atoms with E-state index in [9.17, 15) is 4.79 Å². The van der Waals surface area contributed by atoms with E-state index in [1.165, 1.54) is 19.3 Å². The molecule has 0 N–H and O–H groups in total. The van der Waals surface area contributed by atoms with Gasteiger partial charge in [-0.2, -0.15) is 0 Å². The summed E-state index contributed by atoms with van der Waals surface area (Å²) >= 11 is 0. The van der Waals surface area contributed by atoms with E-state index >= 15 is 0 Å². The summed E-state index contributed by atoms with van der Waals surface area (Å²) in [5.41, 5.74) is 0.597. The number of piperidine rings is 1. The van der Waals surface area contributed by atoms with Gasteiger partial charge in [0.05, 0.1) is 13.7 Å². The summed E-state index contributed by atoms with van der Waals surface area (Å²) in [6, 6.07) is 6.60. The normalized spacial score (nSPS) is 22.3. The molecule has 2 rings (SSSR count). The summed E-state index contributed by atoms with van der Waals surface area (Å²) in [5.74, 6) is 1.32. The maximum Gasteiger partial charge on any atom is 0.161 e. The van der Waals surface area contributed by atoms with Gasteiger partial charge in [-0.15, -0.1) is 0 Å². The lowest BCUT2D eigenvalue weighted by Crippen LogP contribution is -2.44. The van der Waals surface area contributed by atoms with Gasteiger partial charge in [-0.25, -0.2) is 0 Å². The Morgan fingerprint density at radius 1 is 1.23 bits per heavy atom. The lowest BCUT2D eigenvalue weighted by Gasteiger charge is -2.39. The molecule has 1 aromatic rings. The van der Waals surface area contributed by atoms with Crippen LogP contribution in [0.5, 0.6) is 11.5 Å². The third-order valence-electron chi connectivity index (χ3n) is 4.52. The number of rotatable bonds is 7. The van der Waals surface area contributed by atoms with Gasteiger partial charge in [0.2, 0.25) is 0 Å². The predicted molar refractivity (Wildman–Crippen MR) is 88.0 cm³/mol. The lowest BCUT2D eigenvalue weighted by molar-refractivity contribution is 0.0958. The summed E-state index contributed by atoms with van der Waals surface area (Å²) in [5, 5.41) is 0. The summed E-state index contributed by atoms with van der Waals surface area (Å²) in [6.07, 6.45) is 5.74. The van der Waals surface area contributed by atoms with Crippen LogP contribution in [0, 0.1) is 0 Å². The molecule has 1 aliphatic rings. The van der Waals surface area contributed by atoms with Crippen molar-refractivity contribution >= 4 is 6.29 Å². The summed E-state index contributed by atoms with van der Waals surface area (Å²) in [7, 11) is 1.59. The van der Waals surface area contributed by atoms with Gasteiger partial charge in [0, 0.05) is 24.2 Å². The van der Waals surface area contributed by atoms with Gasteiger partial charge < -0.3 is 9.47 Å². The largest absolute Gasteiger partial charge is 0.493 e. The Balaban J connectivity index is 1.82. The quantitative estimate of drug-likeness (QED) is 0.570. The van der Waals surface area contributed by atoms with Crippen molar-refractivity contribution in [2.75, 3.05) is 20.3 Å². The molecular formula is C18H27NO3. The van der Waals surface area contributed by atoms with Crippen molar-refractivity contribution in [3.63, 3.8) is 0 Å². The molecule has 0 saturated carbocycles. The molecule has 0 radical (unpaired) electrons. The molecule has 0 amide bonds. The van der Waals surface area contributed by atoms with Crippen LogP contribution in [0.4, 0.5) is 0 Å². The number of nitrogens with zero attached hydrogens (tertiary/aromatic N) is 1. The SMILES string of the molecule is COc1cc(C=O)ccc1OCCCN1C(C)CCCC1C. The number of ether oxygens (including phenoxy) is 2. The molecule has 0 bridgehead atoms. The highest BCUT2D eigenvalue weighted by Gasteiger charge is 2.23. The maximum atomic E-state index is 10.8. The van der Waals surface area contributed by atoms with Gasteiger partial charge in [0.25, 0.3) is 0 Å². The Hall–Kier alpha value is -1.55. The van der Waals surface area contributed by atoms with E-state index in [4.69, 9.17) is 9.47 Å². The molecule has 122 valence electrons. The molecule has 0 aromatic heterocycles. The fourth-order valence-electron chi connectivity index (χ4n) is 3.22.